The Labute approximate surface area is 85.2 Å². The van der Waals surface area contributed by atoms with E-state index in [0.717, 1.165) is 0 Å². The van der Waals surface area contributed by atoms with E-state index in [1.165, 1.54) is 0 Å². The van der Waals surface area contributed by atoms with E-state index in [-0.39, 0.29) is 12.5 Å². The summed E-state index contributed by atoms with van der Waals surface area (Å²) in [6.45, 7) is 2.20. The fraction of sp³-hybridized carbons (Fsp3) is 1.00. The van der Waals surface area contributed by atoms with Gasteiger partial charge in [0.05, 0.1) is 6.04 Å². The molecule has 1 aliphatic rings. The van der Waals surface area contributed by atoms with Gasteiger partial charge in [0.2, 0.25) is 0 Å². The van der Waals surface area contributed by atoms with Gasteiger partial charge >= 0.3 is 0 Å². The molecular formula is C7H13F2IN2. The number of likely N-dealkylation sites (N-methyl/N-ethyl adjacent to an activating group) is 1. The average molecular weight is 290 g/mol. The van der Waals surface area contributed by atoms with E-state index in [0.29, 0.717) is 6.54 Å². The number of alkyl halides is 2. The van der Waals surface area contributed by atoms with Crippen molar-refractivity contribution in [1.29, 1.82) is 0 Å². The van der Waals surface area contributed by atoms with E-state index in [4.69, 9.17) is 0 Å². The molecule has 1 N–H and O–H groups in total. The highest BCUT2D eigenvalue weighted by Gasteiger charge is 2.49. The molecule has 0 aromatic rings. The molecule has 72 valence electrons. The molecule has 0 saturated carbocycles. The van der Waals surface area contributed by atoms with Gasteiger partial charge in [-0.3, -0.25) is 8.43 Å². The van der Waals surface area contributed by atoms with Crippen molar-refractivity contribution in [3.63, 3.8) is 0 Å². The smallest absolute Gasteiger partial charge is 0.264 e. The van der Waals surface area contributed by atoms with Gasteiger partial charge in [-0.25, -0.2) is 8.78 Å². The van der Waals surface area contributed by atoms with Crippen molar-refractivity contribution in [3.8, 4) is 0 Å². The molecule has 12 heavy (non-hydrogen) atoms. The Morgan fingerprint density at radius 3 is 2.58 bits per heavy atom. The summed E-state index contributed by atoms with van der Waals surface area (Å²) in [5.41, 5.74) is 0. The standard InChI is InChI=1S/C7H13F2IN2/c1-5-7(8,9)3-6(4-11-10)12(5)2/h5-6,11H,3-4H2,1-2H3. The molecular weight excluding hydrogens is 277 g/mol. The molecule has 2 unspecified atom stereocenters. The molecule has 2 atom stereocenters. The highest BCUT2D eigenvalue weighted by Crippen LogP contribution is 2.36. The third-order valence-corrected chi connectivity index (χ3v) is 3.06. The van der Waals surface area contributed by atoms with Crippen LogP contribution in [0, 0.1) is 0 Å². The highest BCUT2D eigenvalue weighted by molar-refractivity contribution is 14.1. The fourth-order valence-electron chi connectivity index (χ4n) is 1.55. The van der Waals surface area contributed by atoms with Gasteiger partial charge in [-0.2, -0.15) is 0 Å². The second-order valence-corrected chi connectivity index (χ2v) is 4.06. The van der Waals surface area contributed by atoms with Gasteiger partial charge in [-0.05, 0) is 14.0 Å². The number of nitrogens with one attached hydrogen (secondary N) is 1. The van der Waals surface area contributed by atoms with Crippen LogP contribution in [0.15, 0.2) is 0 Å². The molecule has 1 heterocycles. The lowest BCUT2D eigenvalue weighted by Gasteiger charge is -2.22. The zero-order valence-corrected chi connectivity index (χ0v) is 9.31. The summed E-state index contributed by atoms with van der Waals surface area (Å²) in [5.74, 6) is -2.52. The Morgan fingerprint density at radius 2 is 2.25 bits per heavy atom. The fourth-order valence-corrected chi connectivity index (χ4v) is 2.06. The summed E-state index contributed by atoms with van der Waals surface area (Å²) in [5, 5.41) is 0. The first-order valence-corrected chi connectivity index (χ1v) is 5.00. The maximum atomic E-state index is 13.1. The van der Waals surface area contributed by atoms with E-state index in [2.05, 4.69) is 3.53 Å². The predicted molar refractivity (Wildman–Crippen MR) is 52.6 cm³/mol. The van der Waals surface area contributed by atoms with Crippen LogP contribution in [0.25, 0.3) is 0 Å². The van der Waals surface area contributed by atoms with Gasteiger partial charge in [0.1, 0.15) is 0 Å². The lowest BCUT2D eigenvalue weighted by atomic mass is 10.1. The Bertz CT molecular complexity index is 165. The quantitative estimate of drug-likeness (QED) is 0.614. The third kappa shape index (κ3) is 1.88. The van der Waals surface area contributed by atoms with E-state index in [9.17, 15) is 8.78 Å². The van der Waals surface area contributed by atoms with Crippen molar-refractivity contribution in [1.82, 2.24) is 8.43 Å². The van der Waals surface area contributed by atoms with E-state index < -0.39 is 12.0 Å². The van der Waals surface area contributed by atoms with Gasteiger partial charge in [-0.1, -0.05) is 0 Å². The Balaban J connectivity index is 2.61. The van der Waals surface area contributed by atoms with Crippen molar-refractivity contribution in [2.75, 3.05) is 13.6 Å². The van der Waals surface area contributed by atoms with Crippen LogP contribution >= 0.6 is 22.9 Å². The average Bonchev–Trinajstić information content (AvgIpc) is 2.16. The van der Waals surface area contributed by atoms with Crippen LogP contribution in [0.3, 0.4) is 0 Å². The van der Waals surface area contributed by atoms with Crippen molar-refractivity contribution in [2.45, 2.75) is 31.4 Å². The number of rotatable bonds is 2. The second-order valence-electron chi connectivity index (χ2n) is 3.30. The minimum atomic E-state index is -2.52. The molecule has 0 bridgehead atoms. The van der Waals surface area contributed by atoms with Gasteiger partial charge in [0.15, 0.2) is 0 Å². The van der Waals surface area contributed by atoms with Gasteiger partial charge in [0.25, 0.3) is 5.92 Å². The molecule has 0 aromatic heterocycles. The molecule has 0 spiro atoms. The van der Waals surface area contributed by atoms with E-state index >= 15 is 0 Å². The topological polar surface area (TPSA) is 15.3 Å². The number of likely N-dealkylation sites (tertiary alicyclic amines) is 1. The Morgan fingerprint density at radius 1 is 1.67 bits per heavy atom. The predicted octanol–water partition coefficient (Wildman–Crippen LogP) is 1.65. The monoisotopic (exact) mass is 290 g/mol. The third-order valence-electron chi connectivity index (χ3n) is 2.62. The molecule has 1 rings (SSSR count). The maximum Gasteiger partial charge on any atom is 0.264 e. The summed E-state index contributed by atoms with van der Waals surface area (Å²) in [6.07, 6.45) is -0.0271. The normalized spacial score (nSPS) is 35.8. The molecule has 0 aromatic carbocycles. The lowest BCUT2D eigenvalue weighted by Crippen LogP contribution is -2.38. The number of hydrogen-bond acceptors (Lipinski definition) is 2. The summed E-state index contributed by atoms with van der Waals surface area (Å²) in [4.78, 5) is 1.74. The van der Waals surface area contributed by atoms with Crippen LogP contribution in [0.5, 0.6) is 0 Å². The van der Waals surface area contributed by atoms with Gasteiger partial charge < -0.3 is 0 Å². The summed E-state index contributed by atoms with van der Waals surface area (Å²) in [7, 11) is 1.75. The zero-order valence-electron chi connectivity index (χ0n) is 7.15. The van der Waals surface area contributed by atoms with Gasteiger partial charge in [-0.15, -0.1) is 0 Å². The molecule has 5 heteroatoms. The van der Waals surface area contributed by atoms with Crippen LogP contribution in [-0.2, 0) is 0 Å². The minimum absolute atomic E-state index is 0.0271. The van der Waals surface area contributed by atoms with Crippen LogP contribution in [0.4, 0.5) is 8.78 Å². The summed E-state index contributed by atoms with van der Waals surface area (Å²) < 4.78 is 29.1. The van der Waals surface area contributed by atoms with Gasteiger partial charge in [0, 0.05) is 41.9 Å². The first-order chi connectivity index (χ1) is 5.49. The largest absolute Gasteiger partial charge is 0.294 e. The molecule has 1 saturated heterocycles. The van der Waals surface area contributed by atoms with E-state index in [1.54, 1.807) is 18.9 Å². The second kappa shape index (κ2) is 3.71. The molecule has 0 radical (unpaired) electrons. The number of halogens is 3. The molecule has 2 nitrogen and oxygen atoms in total. The molecule has 0 amide bonds. The molecule has 1 fully saturated rings. The first kappa shape index (κ1) is 10.6. The lowest BCUT2D eigenvalue weighted by molar-refractivity contribution is -0.0219. The SMILES string of the molecule is CC1N(C)C(CNI)CC1(F)F. The van der Waals surface area contributed by atoms with Crippen molar-refractivity contribution in [2.24, 2.45) is 0 Å². The molecule has 1 aliphatic heterocycles. The van der Waals surface area contributed by atoms with Crippen molar-refractivity contribution in [3.05, 3.63) is 0 Å². The summed E-state index contributed by atoms with van der Waals surface area (Å²) in [6, 6.07) is -0.667. The number of nitrogens with zero attached hydrogens (tertiary/aromatic N) is 1. The maximum absolute atomic E-state index is 13.1. The Hall–Kier alpha value is 0.510. The summed E-state index contributed by atoms with van der Waals surface area (Å²) >= 11 is 1.98. The van der Waals surface area contributed by atoms with Crippen molar-refractivity contribution >= 4 is 22.9 Å². The highest BCUT2D eigenvalue weighted by atomic mass is 127. The van der Waals surface area contributed by atoms with Crippen LogP contribution in [0.2, 0.25) is 0 Å². The number of hydrogen-bond donors (Lipinski definition) is 1. The zero-order chi connectivity index (χ0) is 9.35. The molecule has 0 aliphatic carbocycles. The van der Waals surface area contributed by atoms with Crippen LogP contribution in [-0.4, -0.2) is 36.5 Å². The minimum Gasteiger partial charge on any atom is -0.294 e. The Kier molecular flexibility index (Phi) is 3.27. The van der Waals surface area contributed by atoms with Crippen LogP contribution < -0.4 is 3.53 Å². The van der Waals surface area contributed by atoms with Crippen LogP contribution in [0.1, 0.15) is 13.3 Å². The van der Waals surface area contributed by atoms with Crippen molar-refractivity contribution < 1.29 is 8.78 Å². The first-order valence-electron chi connectivity index (χ1n) is 3.92. The van der Waals surface area contributed by atoms with E-state index in [1.807, 2.05) is 22.9 Å².